The van der Waals surface area contributed by atoms with Gasteiger partial charge in [-0.2, -0.15) is 0 Å². The van der Waals surface area contributed by atoms with Gasteiger partial charge in [-0.05, 0) is 49.9 Å². The van der Waals surface area contributed by atoms with E-state index in [-0.39, 0.29) is 6.10 Å². The third kappa shape index (κ3) is 2.49. The Kier molecular flexibility index (Phi) is 3.38. The Morgan fingerprint density at radius 3 is 2.67 bits per heavy atom. The van der Waals surface area contributed by atoms with Gasteiger partial charge in [0.15, 0.2) is 0 Å². The molecule has 116 valence electrons. The molecule has 4 heteroatoms. The molecule has 2 saturated carbocycles. The summed E-state index contributed by atoms with van der Waals surface area (Å²) in [6.45, 7) is 11.2. The maximum Gasteiger partial charge on any atom is 0.218 e. The summed E-state index contributed by atoms with van der Waals surface area (Å²) >= 11 is 0. The first kappa shape index (κ1) is 14.6. The van der Waals surface area contributed by atoms with Crippen LogP contribution in [-0.2, 0) is 0 Å². The van der Waals surface area contributed by atoms with Crippen molar-refractivity contribution in [1.29, 1.82) is 0 Å². The highest BCUT2D eigenvalue weighted by Crippen LogP contribution is 2.63. The van der Waals surface area contributed by atoms with Crippen LogP contribution in [-0.4, -0.2) is 22.1 Å². The van der Waals surface area contributed by atoms with Crippen molar-refractivity contribution in [1.82, 2.24) is 9.97 Å². The van der Waals surface area contributed by atoms with Gasteiger partial charge in [0, 0.05) is 12.1 Å². The van der Waals surface area contributed by atoms with Crippen LogP contribution < -0.4 is 10.1 Å². The normalized spacial score (nSPS) is 33.4. The van der Waals surface area contributed by atoms with Crippen molar-refractivity contribution in [2.75, 3.05) is 5.32 Å². The second-order valence-electron chi connectivity index (χ2n) is 7.90. The first-order valence-electron chi connectivity index (χ1n) is 8.06. The van der Waals surface area contributed by atoms with Crippen LogP contribution in [0, 0.1) is 16.7 Å². The highest BCUT2D eigenvalue weighted by molar-refractivity contribution is 5.40. The minimum atomic E-state index is 0.129. The molecule has 3 unspecified atom stereocenters. The summed E-state index contributed by atoms with van der Waals surface area (Å²) in [4.78, 5) is 8.57. The molecular weight excluding hydrogens is 262 g/mol. The van der Waals surface area contributed by atoms with Gasteiger partial charge in [0.2, 0.25) is 5.88 Å². The minimum absolute atomic E-state index is 0.129. The first-order valence-corrected chi connectivity index (χ1v) is 8.06. The minimum Gasteiger partial charge on any atom is -0.475 e. The molecule has 3 rings (SSSR count). The maximum absolute atomic E-state index is 5.67. The molecule has 4 nitrogen and oxygen atoms in total. The zero-order chi connectivity index (χ0) is 15.3. The number of hydrogen-bond acceptors (Lipinski definition) is 4. The lowest BCUT2D eigenvalue weighted by Gasteiger charge is -2.43. The van der Waals surface area contributed by atoms with Crippen molar-refractivity contribution in [3.05, 3.63) is 12.4 Å². The summed E-state index contributed by atoms with van der Waals surface area (Å²) in [6.07, 6.45) is 5.73. The van der Waals surface area contributed by atoms with Crippen LogP contribution in [0.15, 0.2) is 12.4 Å². The van der Waals surface area contributed by atoms with Crippen LogP contribution in [0.5, 0.6) is 5.88 Å². The van der Waals surface area contributed by atoms with Crippen molar-refractivity contribution >= 4 is 5.82 Å². The van der Waals surface area contributed by atoms with Crippen LogP contribution in [0.25, 0.3) is 0 Å². The highest BCUT2D eigenvalue weighted by Gasteiger charge is 2.59. The summed E-state index contributed by atoms with van der Waals surface area (Å²) < 4.78 is 5.67. The van der Waals surface area contributed by atoms with Gasteiger partial charge in [0.25, 0.3) is 0 Å². The summed E-state index contributed by atoms with van der Waals surface area (Å²) in [5, 5.41) is 3.69. The van der Waals surface area contributed by atoms with E-state index in [0.29, 0.717) is 22.8 Å². The molecule has 0 amide bonds. The number of hydrogen-bond donors (Lipinski definition) is 1. The van der Waals surface area contributed by atoms with Crippen molar-refractivity contribution in [2.24, 2.45) is 16.7 Å². The number of fused-ring (bicyclic) bond motifs is 2. The summed E-state index contributed by atoms with van der Waals surface area (Å²) in [5.74, 6) is 2.36. The molecule has 1 N–H and O–H groups in total. The van der Waals surface area contributed by atoms with Crippen molar-refractivity contribution < 1.29 is 4.74 Å². The molecule has 0 aromatic carbocycles. The van der Waals surface area contributed by atoms with Crippen molar-refractivity contribution in [2.45, 2.75) is 66.0 Å². The van der Waals surface area contributed by atoms with Gasteiger partial charge in [-0.1, -0.05) is 20.8 Å². The van der Waals surface area contributed by atoms with Gasteiger partial charge >= 0.3 is 0 Å². The Morgan fingerprint density at radius 1 is 1.29 bits per heavy atom. The van der Waals surface area contributed by atoms with Crippen LogP contribution in [0.4, 0.5) is 5.82 Å². The zero-order valence-electron chi connectivity index (χ0n) is 13.8. The second-order valence-corrected chi connectivity index (χ2v) is 7.90. The third-order valence-corrected chi connectivity index (χ3v) is 5.56. The smallest absolute Gasteiger partial charge is 0.218 e. The molecule has 2 aliphatic rings. The molecular formula is C17H27N3O. The van der Waals surface area contributed by atoms with E-state index in [1.807, 2.05) is 19.9 Å². The number of nitrogens with one attached hydrogen (secondary N) is 1. The number of anilines is 1. The van der Waals surface area contributed by atoms with E-state index >= 15 is 0 Å². The lowest BCUT2D eigenvalue weighted by Crippen LogP contribution is -2.45. The SMILES string of the molecule is CC(C)Oc1cc(NC2C3(C)CCC(C3)C2(C)C)ncn1. The standard InChI is InChI=1S/C17H27N3O/c1-11(2)21-14-8-13(18-10-19-14)20-15-16(3,4)12-6-7-17(15,5)9-12/h8,10-12,15H,6-7,9H2,1-5H3,(H,18,19,20). The van der Waals surface area contributed by atoms with E-state index in [4.69, 9.17) is 4.74 Å². The van der Waals surface area contributed by atoms with Gasteiger partial charge in [0.05, 0.1) is 6.10 Å². The topological polar surface area (TPSA) is 47.0 Å². The second kappa shape index (κ2) is 4.85. The Bertz CT molecular complexity index is 524. The van der Waals surface area contributed by atoms with Crippen LogP contribution >= 0.6 is 0 Å². The maximum atomic E-state index is 5.67. The van der Waals surface area contributed by atoms with Crippen LogP contribution in [0.1, 0.15) is 53.9 Å². The molecule has 0 aliphatic heterocycles. The summed E-state index contributed by atoms with van der Waals surface area (Å²) in [5.41, 5.74) is 0.704. The van der Waals surface area contributed by atoms with E-state index < -0.39 is 0 Å². The number of aromatic nitrogens is 2. The average Bonchev–Trinajstić information content (AvgIpc) is 2.86. The fourth-order valence-corrected chi connectivity index (χ4v) is 4.53. The van der Waals surface area contributed by atoms with Crippen molar-refractivity contribution in [3.8, 4) is 5.88 Å². The molecule has 3 atom stereocenters. The number of rotatable bonds is 4. The highest BCUT2D eigenvalue weighted by atomic mass is 16.5. The largest absolute Gasteiger partial charge is 0.475 e. The van der Waals surface area contributed by atoms with E-state index in [2.05, 4.69) is 36.1 Å². The summed E-state index contributed by atoms with van der Waals surface area (Å²) in [6, 6.07) is 2.39. The Hall–Kier alpha value is -1.32. The van der Waals surface area contributed by atoms with E-state index in [1.54, 1.807) is 6.33 Å². The average molecular weight is 289 g/mol. The zero-order valence-corrected chi connectivity index (χ0v) is 13.8. The van der Waals surface area contributed by atoms with E-state index in [0.717, 1.165) is 11.7 Å². The van der Waals surface area contributed by atoms with Crippen molar-refractivity contribution in [3.63, 3.8) is 0 Å². The van der Waals surface area contributed by atoms with Gasteiger partial charge < -0.3 is 10.1 Å². The monoisotopic (exact) mass is 289 g/mol. The molecule has 2 fully saturated rings. The Balaban J connectivity index is 1.80. The molecule has 1 aromatic rings. The molecule has 2 aliphatic carbocycles. The molecule has 2 bridgehead atoms. The molecule has 1 heterocycles. The predicted molar refractivity (Wildman–Crippen MR) is 84.4 cm³/mol. The molecule has 0 radical (unpaired) electrons. The predicted octanol–water partition coefficient (Wildman–Crippen LogP) is 3.89. The van der Waals surface area contributed by atoms with Crippen LogP contribution in [0.2, 0.25) is 0 Å². The summed E-state index contributed by atoms with van der Waals surface area (Å²) in [7, 11) is 0. The Labute approximate surface area is 127 Å². The number of ether oxygens (including phenoxy) is 1. The van der Waals surface area contributed by atoms with Gasteiger partial charge in [-0.3, -0.25) is 0 Å². The third-order valence-electron chi connectivity index (χ3n) is 5.56. The molecule has 0 spiro atoms. The molecule has 21 heavy (non-hydrogen) atoms. The Morgan fingerprint density at radius 2 is 2.05 bits per heavy atom. The number of nitrogens with zero attached hydrogens (tertiary/aromatic N) is 2. The fourth-order valence-electron chi connectivity index (χ4n) is 4.53. The van der Waals surface area contributed by atoms with Gasteiger partial charge in [0.1, 0.15) is 12.1 Å². The molecule has 0 saturated heterocycles. The van der Waals surface area contributed by atoms with E-state index in [9.17, 15) is 0 Å². The molecule has 1 aromatic heterocycles. The van der Waals surface area contributed by atoms with Gasteiger partial charge in [-0.25, -0.2) is 9.97 Å². The van der Waals surface area contributed by atoms with E-state index in [1.165, 1.54) is 19.3 Å². The lowest BCUT2D eigenvalue weighted by atomic mass is 9.68. The van der Waals surface area contributed by atoms with Gasteiger partial charge in [-0.15, -0.1) is 0 Å². The lowest BCUT2D eigenvalue weighted by molar-refractivity contribution is 0.155. The first-order chi connectivity index (χ1) is 9.81. The quantitative estimate of drug-likeness (QED) is 0.913. The fraction of sp³-hybridized carbons (Fsp3) is 0.765. The van der Waals surface area contributed by atoms with Crippen LogP contribution in [0.3, 0.4) is 0 Å².